The largest absolute Gasteiger partial charge is 0.373 e. The topological polar surface area (TPSA) is 42.1 Å². The summed E-state index contributed by atoms with van der Waals surface area (Å²) in [5.41, 5.74) is 2.22. The number of pyridine rings is 1. The first-order valence-electron chi connectivity index (χ1n) is 6.95. The van der Waals surface area contributed by atoms with E-state index in [-0.39, 0.29) is 11.7 Å². The van der Waals surface area contributed by atoms with Crippen LogP contribution < -0.4 is 5.56 Å². The Kier molecular flexibility index (Phi) is 3.15. The Balaban J connectivity index is 2.10. The van der Waals surface area contributed by atoms with Crippen LogP contribution in [-0.4, -0.2) is 11.1 Å². The third kappa shape index (κ3) is 2.08. The Bertz CT molecular complexity index is 659. The van der Waals surface area contributed by atoms with Gasteiger partial charge in [-0.2, -0.15) is 0 Å². The van der Waals surface area contributed by atoms with E-state index < -0.39 is 0 Å². The molecule has 1 aliphatic heterocycles. The molecule has 0 saturated carbocycles. The van der Waals surface area contributed by atoms with Crippen LogP contribution in [0.25, 0.3) is 10.8 Å². The van der Waals surface area contributed by atoms with Crippen LogP contribution in [0.15, 0.2) is 29.1 Å². The van der Waals surface area contributed by atoms with E-state index >= 15 is 0 Å². The second kappa shape index (κ2) is 4.82. The molecule has 0 amide bonds. The second-order valence-electron chi connectivity index (χ2n) is 5.40. The van der Waals surface area contributed by atoms with Crippen molar-refractivity contribution in [3.8, 4) is 0 Å². The molecule has 2 atom stereocenters. The Hall–Kier alpha value is -1.61. The summed E-state index contributed by atoms with van der Waals surface area (Å²) in [6.07, 6.45) is 2.12. The fourth-order valence-electron chi connectivity index (χ4n) is 2.80. The van der Waals surface area contributed by atoms with Gasteiger partial charge in [0.1, 0.15) is 0 Å². The van der Waals surface area contributed by atoms with Crippen LogP contribution in [0.3, 0.4) is 0 Å². The maximum absolute atomic E-state index is 12.1. The van der Waals surface area contributed by atoms with Crippen molar-refractivity contribution in [3.05, 3.63) is 45.9 Å². The first kappa shape index (κ1) is 12.4. The Morgan fingerprint density at radius 3 is 2.84 bits per heavy atom. The van der Waals surface area contributed by atoms with E-state index in [1.165, 1.54) is 0 Å². The molecule has 2 unspecified atom stereocenters. The van der Waals surface area contributed by atoms with Crippen LogP contribution in [0.5, 0.6) is 0 Å². The van der Waals surface area contributed by atoms with E-state index in [1.54, 1.807) is 0 Å². The highest BCUT2D eigenvalue weighted by molar-refractivity contribution is 5.85. The number of rotatable bonds is 2. The first-order chi connectivity index (χ1) is 9.20. The summed E-state index contributed by atoms with van der Waals surface area (Å²) >= 11 is 0. The molecule has 1 aromatic carbocycles. The number of aromatic amines is 1. The van der Waals surface area contributed by atoms with Gasteiger partial charge in [-0.25, -0.2) is 0 Å². The number of ether oxygens (including phenoxy) is 1. The molecule has 3 nitrogen and oxygen atoms in total. The monoisotopic (exact) mass is 257 g/mol. The minimum Gasteiger partial charge on any atom is -0.373 e. The van der Waals surface area contributed by atoms with Gasteiger partial charge in [0.25, 0.3) is 5.56 Å². The van der Waals surface area contributed by atoms with Crippen molar-refractivity contribution in [3.63, 3.8) is 0 Å². The summed E-state index contributed by atoms with van der Waals surface area (Å²) in [6.45, 7) is 4.98. The third-order valence-electron chi connectivity index (χ3n) is 4.25. The zero-order valence-electron chi connectivity index (χ0n) is 11.4. The number of fused-ring (bicyclic) bond motifs is 3. The first-order valence-corrected chi connectivity index (χ1v) is 6.95. The van der Waals surface area contributed by atoms with Crippen LogP contribution in [0, 0.1) is 5.92 Å². The fourth-order valence-corrected chi connectivity index (χ4v) is 2.80. The van der Waals surface area contributed by atoms with Crippen LogP contribution in [0.1, 0.15) is 31.5 Å². The average molecular weight is 257 g/mol. The molecule has 1 N–H and O–H groups in total. The number of aromatic nitrogens is 1. The van der Waals surface area contributed by atoms with E-state index in [9.17, 15) is 4.79 Å². The molecule has 3 heteroatoms. The zero-order valence-corrected chi connectivity index (χ0v) is 11.4. The van der Waals surface area contributed by atoms with Crippen molar-refractivity contribution in [2.45, 2.75) is 39.4 Å². The molecule has 2 heterocycles. The molecule has 0 radical (unpaired) electrons. The predicted octanol–water partition coefficient (Wildman–Crippen LogP) is 3.02. The van der Waals surface area contributed by atoms with Crippen LogP contribution in [0.2, 0.25) is 0 Å². The zero-order chi connectivity index (χ0) is 13.4. The van der Waals surface area contributed by atoms with Gasteiger partial charge in [0.15, 0.2) is 0 Å². The van der Waals surface area contributed by atoms with E-state index in [0.717, 1.165) is 34.9 Å². The highest BCUT2D eigenvalue weighted by Gasteiger charge is 2.25. The molecule has 1 aromatic heterocycles. The number of hydrogen-bond acceptors (Lipinski definition) is 2. The van der Waals surface area contributed by atoms with Crippen molar-refractivity contribution >= 4 is 10.8 Å². The van der Waals surface area contributed by atoms with Gasteiger partial charge >= 0.3 is 0 Å². The standard InChI is InChI=1S/C16H19NO2/c1-3-10(2)15-8-14-13(9-19-15)11-6-4-5-7-12(11)16(18)17-14/h4-7,10,15H,3,8-9H2,1-2H3,(H,17,18). The summed E-state index contributed by atoms with van der Waals surface area (Å²) in [7, 11) is 0. The quantitative estimate of drug-likeness (QED) is 0.898. The summed E-state index contributed by atoms with van der Waals surface area (Å²) in [6, 6.07) is 7.75. The maximum Gasteiger partial charge on any atom is 0.256 e. The molecular formula is C16H19NO2. The van der Waals surface area contributed by atoms with Gasteiger partial charge in [-0.05, 0) is 17.4 Å². The summed E-state index contributed by atoms with van der Waals surface area (Å²) < 4.78 is 5.98. The number of H-pyrrole nitrogens is 1. The van der Waals surface area contributed by atoms with Gasteiger partial charge in [-0.3, -0.25) is 4.79 Å². The van der Waals surface area contributed by atoms with Gasteiger partial charge in [0, 0.05) is 23.1 Å². The SMILES string of the molecule is CCC(C)C1Cc2[nH]c(=O)c3ccccc3c2CO1. The van der Waals surface area contributed by atoms with Crippen molar-refractivity contribution in [2.75, 3.05) is 0 Å². The third-order valence-corrected chi connectivity index (χ3v) is 4.25. The van der Waals surface area contributed by atoms with Gasteiger partial charge in [-0.1, -0.05) is 38.5 Å². The van der Waals surface area contributed by atoms with Crippen LogP contribution in [-0.2, 0) is 17.8 Å². The molecule has 3 rings (SSSR count). The summed E-state index contributed by atoms with van der Waals surface area (Å²) in [5, 5.41) is 1.79. The summed E-state index contributed by atoms with van der Waals surface area (Å²) in [4.78, 5) is 15.1. The highest BCUT2D eigenvalue weighted by atomic mass is 16.5. The Morgan fingerprint density at radius 1 is 1.37 bits per heavy atom. The molecule has 0 bridgehead atoms. The molecular weight excluding hydrogens is 238 g/mol. The summed E-state index contributed by atoms with van der Waals surface area (Å²) in [5.74, 6) is 0.517. The number of nitrogens with one attached hydrogen (secondary N) is 1. The number of hydrogen-bond donors (Lipinski definition) is 1. The highest BCUT2D eigenvalue weighted by Crippen LogP contribution is 2.28. The fraction of sp³-hybridized carbons (Fsp3) is 0.438. The van der Waals surface area contributed by atoms with Crippen molar-refractivity contribution < 1.29 is 4.74 Å². The van der Waals surface area contributed by atoms with Crippen molar-refractivity contribution in [1.29, 1.82) is 0 Å². The van der Waals surface area contributed by atoms with E-state index in [2.05, 4.69) is 18.8 Å². The molecule has 0 fully saturated rings. The van der Waals surface area contributed by atoms with Gasteiger partial charge in [-0.15, -0.1) is 0 Å². The lowest BCUT2D eigenvalue weighted by Gasteiger charge is -2.29. The lowest BCUT2D eigenvalue weighted by molar-refractivity contribution is -0.00652. The number of benzene rings is 1. The molecule has 1 aliphatic rings. The normalized spacial score (nSPS) is 20.2. The van der Waals surface area contributed by atoms with Gasteiger partial charge < -0.3 is 9.72 Å². The minimum absolute atomic E-state index is 0.0131. The lowest BCUT2D eigenvalue weighted by Crippen LogP contribution is -2.31. The van der Waals surface area contributed by atoms with E-state index in [1.807, 2.05) is 24.3 Å². The van der Waals surface area contributed by atoms with E-state index in [0.29, 0.717) is 12.5 Å². The Morgan fingerprint density at radius 2 is 2.11 bits per heavy atom. The van der Waals surface area contributed by atoms with Crippen LogP contribution in [0.4, 0.5) is 0 Å². The van der Waals surface area contributed by atoms with Gasteiger partial charge in [0.05, 0.1) is 12.7 Å². The molecule has 0 spiro atoms. The van der Waals surface area contributed by atoms with E-state index in [4.69, 9.17) is 4.74 Å². The van der Waals surface area contributed by atoms with Crippen LogP contribution >= 0.6 is 0 Å². The smallest absolute Gasteiger partial charge is 0.256 e. The average Bonchev–Trinajstić information content (AvgIpc) is 2.46. The van der Waals surface area contributed by atoms with Crippen molar-refractivity contribution in [1.82, 2.24) is 4.98 Å². The molecule has 100 valence electrons. The Labute approximate surface area is 112 Å². The minimum atomic E-state index is 0.0131. The predicted molar refractivity (Wildman–Crippen MR) is 76.3 cm³/mol. The maximum atomic E-state index is 12.1. The van der Waals surface area contributed by atoms with Gasteiger partial charge in [0.2, 0.25) is 0 Å². The molecule has 2 aromatic rings. The lowest BCUT2D eigenvalue weighted by atomic mass is 9.92. The van der Waals surface area contributed by atoms with Crippen molar-refractivity contribution in [2.24, 2.45) is 5.92 Å². The molecule has 19 heavy (non-hydrogen) atoms. The molecule has 0 aliphatic carbocycles. The molecule has 0 saturated heterocycles. The second-order valence-corrected chi connectivity index (χ2v) is 5.40.